The normalized spacial score (nSPS) is 28.4. The van der Waals surface area contributed by atoms with Crippen molar-refractivity contribution in [2.24, 2.45) is 11.3 Å². The smallest absolute Gasteiger partial charge is 0.227 e. The van der Waals surface area contributed by atoms with E-state index in [9.17, 15) is 13.5 Å². The molecule has 1 saturated heterocycles. The summed E-state index contributed by atoms with van der Waals surface area (Å²) in [5, 5.41) is 19.9. The van der Waals surface area contributed by atoms with E-state index in [0.29, 0.717) is 25.9 Å². The van der Waals surface area contributed by atoms with Gasteiger partial charge >= 0.3 is 0 Å². The second kappa shape index (κ2) is 6.14. The van der Waals surface area contributed by atoms with E-state index in [2.05, 4.69) is 21.7 Å². The lowest BCUT2D eigenvalue weighted by molar-refractivity contribution is -0.152. The van der Waals surface area contributed by atoms with Gasteiger partial charge in [0.2, 0.25) is 10.0 Å². The van der Waals surface area contributed by atoms with Gasteiger partial charge in [-0.2, -0.15) is 5.26 Å². The summed E-state index contributed by atoms with van der Waals surface area (Å²) in [6.07, 6.45) is 5.39. The fraction of sp³-hybridized carbons (Fsp3) is 0.500. The van der Waals surface area contributed by atoms with Crippen LogP contribution in [0.1, 0.15) is 30.9 Å². The molecule has 146 valence electrons. The molecule has 1 aliphatic carbocycles. The van der Waals surface area contributed by atoms with Crippen LogP contribution >= 0.6 is 0 Å². The van der Waals surface area contributed by atoms with Crippen LogP contribution in [-0.4, -0.2) is 52.3 Å². The molecule has 7 nitrogen and oxygen atoms in total. The van der Waals surface area contributed by atoms with E-state index in [1.807, 2.05) is 24.7 Å². The number of benzene rings is 1. The Balaban J connectivity index is 1.35. The second-order valence-electron chi connectivity index (χ2n) is 8.21. The molecule has 1 N–H and O–H groups in total. The zero-order chi connectivity index (χ0) is 19.5. The molecule has 1 spiro atoms. The summed E-state index contributed by atoms with van der Waals surface area (Å²) in [6.45, 7) is 0.761. The molecule has 0 unspecified atom stereocenters. The summed E-state index contributed by atoms with van der Waals surface area (Å²) in [6, 6.07) is 10.1. The highest BCUT2D eigenvalue weighted by Crippen LogP contribution is 2.59. The third-order valence-electron chi connectivity index (χ3n) is 6.96. The van der Waals surface area contributed by atoms with Crippen molar-refractivity contribution in [2.75, 3.05) is 18.8 Å². The molecule has 2 aromatic rings. The molecular formula is C20H22N4O3S. The van der Waals surface area contributed by atoms with Crippen molar-refractivity contribution >= 4 is 10.0 Å². The van der Waals surface area contributed by atoms with Gasteiger partial charge in [0.05, 0.1) is 36.4 Å². The van der Waals surface area contributed by atoms with Crippen molar-refractivity contribution in [3.8, 4) is 17.3 Å². The molecule has 0 radical (unpaired) electrons. The molecule has 1 aromatic carbocycles. The van der Waals surface area contributed by atoms with Gasteiger partial charge in [-0.05, 0) is 30.2 Å². The molecule has 2 fully saturated rings. The van der Waals surface area contributed by atoms with Crippen molar-refractivity contribution in [1.29, 1.82) is 5.26 Å². The van der Waals surface area contributed by atoms with Crippen LogP contribution in [0.4, 0.5) is 0 Å². The van der Waals surface area contributed by atoms with Gasteiger partial charge in [0.25, 0.3) is 0 Å². The SMILES string of the molecule is N#CCS(=O)(=O)N1CCC2(CC1)C[C@@H]([C@H]1c3ccccc3-c3cncn31)[C@H]2O. The lowest BCUT2D eigenvalue weighted by Crippen LogP contribution is -2.60. The number of aliphatic hydroxyl groups excluding tert-OH is 1. The molecule has 3 heterocycles. The fourth-order valence-electron chi connectivity index (χ4n) is 5.47. The summed E-state index contributed by atoms with van der Waals surface area (Å²) in [5.41, 5.74) is 3.27. The zero-order valence-electron chi connectivity index (χ0n) is 15.4. The number of piperidine rings is 1. The highest BCUT2D eigenvalue weighted by Gasteiger charge is 2.58. The van der Waals surface area contributed by atoms with Crippen LogP contribution in [-0.2, 0) is 10.0 Å². The minimum absolute atomic E-state index is 0.0784. The Morgan fingerprint density at radius 1 is 1.29 bits per heavy atom. The highest BCUT2D eigenvalue weighted by molar-refractivity contribution is 7.89. The van der Waals surface area contributed by atoms with E-state index >= 15 is 0 Å². The molecule has 5 rings (SSSR count). The number of rotatable bonds is 3. The van der Waals surface area contributed by atoms with Crippen LogP contribution in [0, 0.1) is 22.7 Å². The van der Waals surface area contributed by atoms with E-state index in [1.165, 1.54) is 15.4 Å². The Labute approximate surface area is 164 Å². The average Bonchev–Trinajstić information content (AvgIpc) is 3.27. The number of aliphatic hydroxyl groups is 1. The van der Waals surface area contributed by atoms with Gasteiger partial charge in [-0.25, -0.2) is 17.7 Å². The van der Waals surface area contributed by atoms with Gasteiger partial charge in [0.1, 0.15) is 0 Å². The molecular weight excluding hydrogens is 376 g/mol. The minimum Gasteiger partial charge on any atom is -0.392 e. The largest absolute Gasteiger partial charge is 0.392 e. The minimum atomic E-state index is -3.51. The van der Waals surface area contributed by atoms with E-state index < -0.39 is 21.9 Å². The highest BCUT2D eigenvalue weighted by atomic mass is 32.2. The summed E-state index contributed by atoms with van der Waals surface area (Å²) in [4.78, 5) is 4.30. The number of imidazole rings is 1. The van der Waals surface area contributed by atoms with Gasteiger partial charge in [-0.1, -0.05) is 24.3 Å². The first kappa shape index (κ1) is 17.9. The monoisotopic (exact) mass is 398 g/mol. The summed E-state index contributed by atoms with van der Waals surface area (Å²) >= 11 is 0. The van der Waals surface area contributed by atoms with Crippen LogP contribution in [0.25, 0.3) is 11.3 Å². The maximum Gasteiger partial charge on any atom is 0.227 e. The van der Waals surface area contributed by atoms with Crippen molar-refractivity contribution in [3.05, 3.63) is 42.4 Å². The maximum absolute atomic E-state index is 12.1. The Kier molecular flexibility index (Phi) is 3.92. The van der Waals surface area contributed by atoms with Crippen LogP contribution in [0.15, 0.2) is 36.8 Å². The Bertz CT molecular complexity index is 1060. The molecule has 0 bridgehead atoms. The van der Waals surface area contributed by atoms with Crippen molar-refractivity contribution in [2.45, 2.75) is 31.4 Å². The van der Waals surface area contributed by atoms with E-state index in [-0.39, 0.29) is 17.4 Å². The first-order valence-corrected chi connectivity index (χ1v) is 11.2. The molecule has 28 heavy (non-hydrogen) atoms. The third kappa shape index (κ3) is 2.40. The summed E-state index contributed by atoms with van der Waals surface area (Å²) in [5.74, 6) is -0.383. The predicted molar refractivity (Wildman–Crippen MR) is 103 cm³/mol. The molecule has 1 aromatic heterocycles. The first-order chi connectivity index (χ1) is 13.5. The van der Waals surface area contributed by atoms with Crippen LogP contribution in [0.5, 0.6) is 0 Å². The Morgan fingerprint density at radius 2 is 2.04 bits per heavy atom. The number of aromatic nitrogens is 2. The number of fused-ring (bicyclic) bond motifs is 3. The number of sulfonamides is 1. The Hall–Kier alpha value is -2.21. The lowest BCUT2D eigenvalue weighted by atomic mass is 9.53. The van der Waals surface area contributed by atoms with E-state index in [0.717, 1.165) is 12.1 Å². The van der Waals surface area contributed by atoms with Gasteiger partial charge in [0, 0.05) is 24.6 Å². The topological polar surface area (TPSA) is 99.2 Å². The third-order valence-corrected chi connectivity index (χ3v) is 8.61. The van der Waals surface area contributed by atoms with E-state index in [4.69, 9.17) is 5.26 Å². The first-order valence-electron chi connectivity index (χ1n) is 9.61. The van der Waals surface area contributed by atoms with Crippen molar-refractivity contribution < 1.29 is 13.5 Å². The number of hydrogen-bond donors (Lipinski definition) is 1. The van der Waals surface area contributed by atoms with Gasteiger partial charge in [-0.15, -0.1) is 0 Å². The quantitative estimate of drug-likeness (QED) is 0.849. The van der Waals surface area contributed by atoms with Gasteiger partial charge in [0.15, 0.2) is 5.75 Å². The van der Waals surface area contributed by atoms with Crippen LogP contribution in [0.3, 0.4) is 0 Å². The number of nitrogens with zero attached hydrogens (tertiary/aromatic N) is 4. The van der Waals surface area contributed by atoms with Crippen LogP contribution in [0.2, 0.25) is 0 Å². The summed E-state index contributed by atoms with van der Waals surface area (Å²) < 4.78 is 27.8. The molecule has 0 amide bonds. The Morgan fingerprint density at radius 3 is 2.75 bits per heavy atom. The average molecular weight is 398 g/mol. The summed E-state index contributed by atoms with van der Waals surface area (Å²) in [7, 11) is -3.51. The van der Waals surface area contributed by atoms with Crippen LogP contribution < -0.4 is 0 Å². The maximum atomic E-state index is 12.1. The molecule has 1 saturated carbocycles. The standard InChI is InChI=1S/C20H22N4O3S/c21-7-10-28(26,27)23-8-5-20(6-9-23)11-16(19(20)25)18-15-4-2-1-3-14(15)17-12-22-13-24(17)18/h1-4,12-13,16,18-19,25H,5-6,8-11H2/t16-,18+,19+/m0/s1. The predicted octanol–water partition coefficient (Wildman–Crippen LogP) is 1.77. The number of hydrogen-bond acceptors (Lipinski definition) is 5. The second-order valence-corrected chi connectivity index (χ2v) is 10.2. The molecule has 8 heteroatoms. The molecule has 3 atom stereocenters. The lowest BCUT2D eigenvalue weighted by Gasteiger charge is -2.57. The zero-order valence-corrected chi connectivity index (χ0v) is 16.2. The van der Waals surface area contributed by atoms with E-state index in [1.54, 1.807) is 6.07 Å². The van der Waals surface area contributed by atoms with Gasteiger partial charge < -0.3 is 9.67 Å². The number of nitriles is 1. The van der Waals surface area contributed by atoms with Crippen molar-refractivity contribution in [1.82, 2.24) is 13.9 Å². The fourth-order valence-corrected chi connectivity index (χ4v) is 6.56. The molecule has 3 aliphatic rings. The molecule has 2 aliphatic heterocycles. The van der Waals surface area contributed by atoms with Gasteiger partial charge in [-0.3, -0.25) is 0 Å². The van der Waals surface area contributed by atoms with Crippen molar-refractivity contribution in [3.63, 3.8) is 0 Å².